The van der Waals surface area contributed by atoms with Crippen molar-refractivity contribution in [1.82, 2.24) is 5.32 Å². The lowest BCUT2D eigenvalue weighted by atomic mass is 10.1. The summed E-state index contributed by atoms with van der Waals surface area (Å²) in [7, 11) is 0. The third-order valence-electron chi connectivity index (χ3n) is 4.15. The molecular weight excluding hydrogens is 300 g/mol. The quantitative estimate of drug-likeness (QED) is 0.891. The number of aliphatic hydroxyl groups excluding tert-OH is 1. The largest absolute Gasteiger partial charge is 0.392 e. The fraction of sp³-hybridized carbons (Fsp3) is 0.278. The molecule has 2 aromatic carbocycles. The van der Waals surface area contributed by atoms with Crippen LogP contribution in [0, 0.1) is 17.6 Å². The van der Waals surface area contributed by atoms with Gasteiger partial charge in [0.2, 0.25) is 5.91 Å². The van der Waals surface area contributed by atoms with Crippen LogP contribution in [0.1, 0.15) is 29.0 Å². The molecule has 0 aromatic heterocycles. The first-order valence-electron chi connectivity index (χ1n) is 7.50. The molecule has 0 saturated heterocycles. The number of carbonyl (C=O) groups is 1. The van der Waals surface area contributed by atoms with Gasteiger partial charge in [-0.05, 0) is 35.1 Å². The van der Waals surface area contributed by atoms with Crippen molar-refractivity contribution >= 4 is 5.91 Å². The molecule has 120 valence electrons. The number of halogens is 2. The molecule has 0 bridgehead atoms. The van der Waals surface area contributed by atoms with Gasteiger partial charge in [0.1, 0.15) is 0 Å². The van der Waals surface area contributed by atoms with Crippen molar-refractivity contribution in [3.63, 3.8) is 0 Å². The molecule has 3 rings (SSSR count). The summed E-state index contributed by atoms with van der Waals surface area (Å²) in [5.41, 5.74) is 1.94. The van der Waals surface area contributed by atoms with Gasteiger partial charge in [-0.25, -0.2) is 8.78 Å². The van der Waals surface area contributed by atoms with Gasteiger partial charge >= 0.3 is 0 Å². The Kier molecular flexibility index (Phi) is 4.39. The molecule has 1 amide bonds. The third kappa shape index (κ3) is 3.40. The van der Waals surface area contributed by atoms with E-state index in [9.17, 15) is 13.6 Å². The maximum Gasteiger partial charge on any atom is 0.224 e. The van der Waals surface area contributed by atoms with Gasteiger partial charge in [-0.2, -0.15) is 0 Å². The number of rotatable bonds is 5. The number of benzene rings is 2. The van der Waals surface area contributed by atoms with Crippen LogP contribution < -0.4 is 5.32 Å². The van der Waals surface area contributed by atoms with Gasteiger partial charge in [-0.1, -0.05) is 36.4 Å². The smallest absolute Gasteiger partial charge is 0.224 e. The highest BCUT2D eigenvalue weighted by molar-refractivity contribution is 5.82. The van der Waals surface area contributed by atoms with Crippen LogP contribution in [0.5, 0.6) is 0 Å². The number of carbonyl (C=O) groups excluding carboxylic acids is 1. The monoisotopic (exact) mass is 317 g/mol. The topological polar surface area (TPSA) is 49.3 Å². The number of aliphatic hydroxyl groups is 1. The van der Waals surface area contributed by atoms with E-state index < -0.39 is 11.6 Å². The summed E-state index contributed by atoms with van der Waals surface area (Å²) in [4.78, 5) is 12.1. The van der Waals surface area contributed by atoms with Crippen LogP contribution in [0.15, 0.2) is 42.5 Å². The molecule has 0 unspecified atom stereocenters. The minimum absolute atomic E-state index is 0.0503. The summed E-state index contributed by atoms with van der Waals surface area (Å²) in [6.07, 6.45) is 0.531. The Labute approximate surface area is 133 Å². The van der Waals surface area contributed by atoms with Gasteiger partial charge in [0.25, 0.3) is 0 Å². The van der Waals surface area contributed by atoms with Crippen LogP contribution in [0.25, 0.3) is 0 Å². The number of hydrogen-bond donors (Lipinski definition) is 2. The summed E-state index contributed by atoms with van der Waals surface area (Å²) < 4.78 is 27.0. The molecule has 5 heteroatoms. The van der Waals surface area contributed by atoms with E-state index in [0.29, 0.717) is 13.0 Å². The first-order valence-corrected chi connectivity index (χ1v) is 7.50. The highest BCUT2D eigenvalue weighted by Gasteiger charge is 2.45. The van der Waals surface area contributed by atoms with Crippen molar-refractivity contribution in [3.05, 3.63) is 70.8 Å². The maximum atomic E-state index is 13.7. The Morgan fingerprint density at radius 2 is 1.91 bits per heavy atom. The van der Waals surface area contributed by atoms with Crippen molar-refractivity contribution in [1.29, 1.82) is 0 Å². The minimum atomic E-state index is -0.880. The van der Waals surface area contributed by atoms with Gasteiger partial charge < -0.3 is 10.4 Å². The Balaban J connectivity index is 1.59. The Bertz CT molecular complexity index is 733. The van der Waals surface area contributed by atoms with Crippen LogP contribution in [0.2, 0.25) is 0 Å². The van der Waals surface area contributed by atoms with Crippen molar-refractivity contribution in [3.8, 4) is 0 Å². The standard InChI is InChI=1S/C18H17F2NO2/c19-16-6-2-5-13(17(16)20)14-8-15(14)18(23)21-9-11-3-1-4-12(7-11)10-22/h1-7,14-15,22H,8-10H2,(H,21,23)/t14-,15+/m1/s1. The fourth-order valence-corrected chi connectivity index (χ4v) is 2.79. The average Bonchev–Trinajstić information content (AvgIpc) is 3.36. The molecule has 1 saturated carbocycles. The molecule has 2 aromatic rings. The van der Waals surface area contributed by atoms with Crippen LogP contribution in [0.3, 0.4) is 0 Å². The van der Waals surface area contributed by atoms with E-state index in [-0.39, 0.29) is 29.9 Å². The molecule has 1 fully saturated rings. The van der Waals surface area contributed by atoms with Crippen molar-refractivity contribution < 1.29 is 18.7 Å². The molecule has 0 spiro atoms. The zero-order valence-corrected chi connectivity index (χ0v) is 12.4. The van der Waals surface area contributed by atoms with Gasteiger partial charge in [0, 0.05) is 12.5 Å². The molecule has 1 aliphatic carbocycles. The lowest BCUT2D eigenvalue weighted by Crippen LogP contribution is -2.25. The predicted molar refractivity (Wildman–Crippen MR) is 81.4 cm³/mol. The molecule has 2 atom stereocenters. The third-order valence-corrected chi connectivity index (χ3v) is 4.15. The van der Waals surface area contributed by atoms with E-state index in [0.717, 1.165) is 17.2 Å². The molecule has 0 radical (unpaired) electrons. The molecule has 23 heavy (non-hydrogen) atoms. The van der Waals surface area contributed by atoms with Crippen LogP contribution in [-0.4, -0.2) is 11.0 Å². The SMILES string of the molecule is O=C(NCc1cccc(CO)c1)[C@H]1C[C@@H]1c1cccc(F)c1F. The van der Waals surface area contributed by atoms with E-state index in [1.54, 1.807) is 6.07 Å². The van der Waals surface area contributed by atoms with Crippen molar-refractivity contribution in [2.75, 3.05) is 0 Å². The second-order valence-corrected chi connectivity index (χ2v) is 5.79. The lowest BCUT2D eigenvalue weighted by molar-refractivity contribution is -0.122. The predicted octanol–water partition coefficient (Wildman–Crippen LogP) is 2.88. The summed E-state index contributed by atoms with van der Waals surface area (Å²) in [6, 6.07) is 11.4. The zero-order chi connectivity index (χ0) is 16.4. The lowest BCUT2D eigenvalue weighted by Gasteiger charge is -2.07. The minimum Gasteiger partial charge on any atom is -0.392 e. The van der Waals surface area contributed by atoms with Gasteiger partial charge in [0.05, 0.1) is 6.61 Å². The van der Waals surface area contributed by atoms with Crippen LogP contribution >= 0.6 is 0 Å². The molecule has 0 aliphatic heterocycles. The van der Waals surface area contributed by atoms with Crippen molar-refractivity contribution in [2.24, 2.45) is 5.92 Å². The zero-order valence-electron chi connectivity index (χ0n) is 12.4. The fourth-order valence-electron chi connectivity index (χ4n) is 2.79. The van der Waals surface area contributed by atoms with E-state index in [1.807, 2.05) is 18.2 Å². The second-order valence-electron chi connectivity index (χ2n) is 5.79. The summed E-state index contributed by atoms with van der Waals surface area (Å²) >= 11 is 0. The molecule has 2 N–H and O–H groups in total. The van der Waals surface area contributed by atoms with Gasteiger partial charge in [-0.15, -0.1) is 0 Å². The van der Waals surface area contributed by atoms with Crippen LogP contribution in [0.4, 0.5) is 8.78 Å². The van der Waals surface area contributed by atoms with E-state index in [2.05, 4.69) is 5.32 Å². The van der Waals surface area contributed by atoms with Gasteiger partial charge in [0.15, 0.2) is 11.6 Å². The van der Waals surface area contributed by atoms with Gasteiger partial charge in [-0.3, -0.25) is 4.79 Å². The second kappa shape index (κ2) is 6.46. The van der Waals surface area contributed by atoms with Crippen LogP contribution in [-0.2, 0) is 17.9 Å². The Morgan fingerprint density at radius 3 is 2.70 bits per heavy atom. The highest BCUT2D eigenvalue weighted by Crippen LogP contribution is 2.48. The number of amides is 1. The van der Waals surface area contributed by atoms with E-state index in [1.165, 1.54) is 12.1 Å². The maximum absolute atomic E-state index is 13.7. The van der Waals surface area contributed by atoms with E-state index >= 15 is 0 Å². The first-order chi connectivity index (χ1) is 11.1. The summed E-state index contributed by atoms with van der Waals surface area (Å²) in [5.74, 6) is -2.47. The molecular formula is C18H17F2NO2. The highest BCUT2D eigenvalue weighted by atomic mass is 19.2. The number of nitrogens with one attached hydrogen (secondary N) is 1. The Hall–Kier alpha value is -2.27. The first kappa shape index (κ1) is 15.6. The molecule has 0 heterocycles. The summed E-state index contributed by atoms with van der Waals surface area (Å²) in [6.45, 7) is 0.298. The summed E-state index contributed by atoms with van der Waals surface area (Å²) in [5, 5.41) is 11.9. The van der Waals surface area contributed by atoms with Crippen molar-refractivity contribution in [2.45, 2.75) is 25.5 Å². The van der Waals surface area contributed by atoms with E-state index in [4.69, 9.17) is 5.11 Å². The average molecular weight is 317 g/mol. The molecule has 1 aliphatic rings. The molecule has 3 nitrogen and oxygen atoms in total. The normalized spacial score (nSPS) is 19.4. The number of hydrogen-bond acceptors (Lipinski definition) is 2. The Morgan fingerprint density at radius 1 is 1.17 bits per heavy atom.